The first-order valence-corrected chi connectivity index (χ1v) is 11.3. The number of hydrogen-bond donors (Lipinski definition) is 0. The summed E-state index contributed by atoms with van der Waals surface area (Å²) in [6.07, 6.45) is 1.61. The maximum Gasteiger partial charge on any atom is 0.196 e. The molecule has 6 heteroatoms. The highest BCUT2D eigenvalue weighted by Crippen LogP contribution is 2.37. The molecule has 0 aliphatic heterocycles. The van der Waals surface area contributed by atoms with E-state index in [1.807, 2.05) is 32.0 Å². The van der Waals surface area contributed by atoms with Crippen molar-refractivity contribution in [2.75, 3.05) is 26.9 Å². The molecule has 2 aromatic rings. The molecule has 1 atom stereocenters. The van der Waals surface area contributed by atoms with Crippen molar-refractivity contribution in [3.63, 3.8) is 0 Å². The van der Waals surface area contributed by atoms with E-state index in [2.05, 4.69) is 0 Å². The van der Waals surface area contributed by atoms with E-state index in [0.29, 0.717) is 29.7 Å². The van der Waals surface area contributed by atoms with Gasteiger partial charge in [-0.2, -0.15) is 0 Å². The van der Waals surface area contributed by atoms with Crippen LogP contribution in [-0.2, 0) is 14.6 Å². The lowest BCUT2D eigenvalue weighted by Crippen LogP contribution is -2.27. The summed E-state index contributed by atoms with van der Waals surface area (Å²) >= 11 is 0. The van der Waals surface area contributed by atoms with Gasteiger partial charge in [0.2, 0.25) is 0 Å². The van der Waals surface area contributed by atoms with E-state index in [0.717, 1.165) is 11.8 Å². The summed E-state index contributed by atoms with van der Waals surface area (Å²) in [7, 11) is 0.479. The molecule has 2 aromatic carbocycles. The van der Waals surface area contributed by atoms with Gasteiger partial charge in [0.05, 0.1) is 10.5 Å². The standard InChI is InChI=1S/C23H25NO4S/c1-15-6-5-7-17(12-15)22(25)21-20(13-18(23(21)26)14-24(2)3)16-8-10-19(11-9-16)29(4,27)28/h5-12,18H,13-14H2,1-4H3. The van der Waals surface area contributed by atoms with Crippen molar-refractivity contribution in [3.05, 3.63) is 70.8 Å². The van der Waals surface area contributed by atoms with Crippen LogP contribution in [0.1, 0.15) is 27.9 Å². The molecule has 152 valence electrons. The number of aryl methyl sites for hydroxylation is 1. The summed E-state index contributed by atoms with van der Waals surface area (Å²) in [6.45, 7) is 2.45. The smallest absolute Gasteiger partial charge is 0.196 e. The maximum atomic E-state index is 13.3. The van der Waals surface area contributed by atoms with Crippen LogP contribution in [0.25, 0.3) is 5.57 Å². The van der Waals surface area contributed by atoms with Gasteiger partial charge in [0, 0.05) is 24.3 Å². The second-order valence-corrected chi connectivity index (χ2v) is 9.89. The minimum atomic E-state index is -3.31. The Morgan fingerprint density at radius 2 is 1.76 bits per heavy atom. The van der Waals surface area contributed by atoms with E-state index >= 15 is 0 Å². The third kappa shape index (κ3) is 4.54. The number of benzene rings is 2. The largest absolute Gasteiger partial charge is 0.309 e. The molecule has 5 nitrogen and oxygen atoms in total. The van der Waals surface area contributed by atoms with Gasteiger partial charge in [-0.1, -0.05) is 35.9 Å². The van der Waals surface area contributed by atoms with Crippen LogP contribution in [-0.4, -0.2) is 51.8 Å². The Morgan fingerprint density at radius 3 is 2.31 bits per heavy atom. The predicted molar refractivity (Wildman–Crippen MR) is 114 cm³/mol. The lowest BCUT2D eigenvalue weighted by Gasteiger charge is -2.15. The van der Waals surface area contributed by atoms with Gasteiger partial charge in [0.25, 0.3) is 0 Å². The number of ketones is 2. The molecule has 29 heavy (non-hydrogen) atoms. The Morgan fingerprint density at radius 1 is 1.10 bits per heavy atom. The van der Waals surface area contributed by atoms with Crippen LogP contribution in [0.5, 0.6) is 0 Å². The van der Waals surface area contributed by atoms with E-state index in [-0.39, 0.29) is 28.0 Å². The van der Waals surface area contributed by atoms with E-state index in [1.54, 1.807) is 30.3 Å². The monoisotopic (exact) mass is 411 g/mol. The van der Waals surface area contributed by atoms with E-state index in [4.69, 9.17) is 0 Å². The topological polar surface area (TPSA) is 71.5 Å². The quantitative estimate of drug-likeness (QED) is 0.539. The molecule has 1 aliphatic carbocycles. The summed E-state index contributed by atoms with van der Waals surface area (Å²) in [4.78, 5) is 28.6. The van der Waals surface area contributed by atoms with Crippen molar-refractivity contribution >= 4 is 27.0 Å². The van der Waals surface area contributed by atoms with Crippen LogP contribution in [0, 0.1) is 12.8 Å². The fraction of sp³-hybridized carbons (Fsp3) is 0.304. The number of carbonyl (C=O) groups excluding carboxylic acids is 2. The normalized spacial score (nSPS) is 17.3. The van der Waals surface area contributed by atoms with Gasteiger partial charge in [-0.15, -0.1) is 0 Å². The van der Waals surface area contributed by atoms with Crippen LogP contribution in [0.15, 0.2) is 59.0 Å². The van der Waals surface area contributed by atoms with Crippen LogP contribution in [0.2, 0.25) is 0 Å². The third-order valence-corrected chi connectivity index (χ3v) is 6.22. The molecule has 1 unspecified atom stereocenters. The number of allylic oxidation sites excluding steroid dienone is 2. The molecule has 0 saturated heterocycles. The highest BCUT2D eigenvalue weighted by Gasteiger charge is 2.37. The Kier molecular flexibility index (Phi) is 5.87. The molecule has 0 fully saturated rings. The Bertz CT molecular complexity index is 1100. The van der Waals surface area contributed by atoms with Crippen LogP contribution >= 0.6 is 0 Å². The van der Waals surface area contributed by atoms with Crippen LogP contribution in [0.4, 0.5) is 0 Å². The van der Waals surface area contributed by atoms with E-state index < -0.39 is 9.84 Å². The molecule has 1 aliphatic rings. The second-order valence-electron chi connectivity index (χ2n) is 7.88. The first-order valence-electron chi connectivity index (χ1n) is 9.42. The lowest BCUT2D eigenvalue weighted by atomic mass is 9.95. The molecular formula is C23H25NO4S. The summed E-state index contributed by atoms with van der Waals surface area (Å²) < 4.78 is 23.5. The molecule has 0 N–H and O–H groups in total. The minimum Gasteiger partial charge on any atom is -0.309 e. The van der Waals surface area contributed by atoms with Gasteiger partial charge >= 0.3 is 0 Å². The molecule has 0 amide bonds. The SMILES string of the molecule is Cc1cccc(C(=O)C2=C(c3ccc(S(C)(=O)=O)cc3)CC(CN(C)C)C2=O)c1. The molecule has 0 aromatic heterocycles. The fourth-order valence-electron chi connectivity index (χ4n) is 3.73. The zero-order valence-electron chi connectivity index (χ0n) is 17.1. The summed E-state index contributed by atoms with van der Waals surface area (Å²) in [5, 5.41) is 0. The van der Waals surface area contributed by atoms with Gasteiger partial charge < -0.3 is 4.90 Å². The Labute approximate surface area is 172 Å². The third-order valence-electron chi connectivity index (χ3n) is 5.09. The van der Waals surface area contributed by atoms with Crippen LogP contribution in [0.3, 0.4) is 0 Å². The zero-order valence-corrected chi connectivity index (χ0v) is 17.9. The highest BCUT2D eigenvalue weighted by molar-refractivity contribution is 7.90. The number of nitrogens with zero attached hydrogens (tertiary/aromatic N) is 1. The number of sulfone groups is 1. The van der Waals surface area contributed by atoms with Gasteiger partial charge in [-0.3, -0.25) is 9.59 Å². The number of rotatable bonds is 6. The minimum absolute atomic E-state index is 0.146. The molecule has 0 heterocycles. The Hall–Kier alpha value is -2.57. The number of carbonyl (C=O) groups is 2. The number of Topliss-reactive ketones (excluding diaryl/α,β-unsaturated/α-hetero) is 2. The molecule has 0 radical (unpaired) electrons. The molecule has 0 saturated carbocycles. The van der Waals surface area contributed by atoms with Gasteiger partial charge in [-0.05, 0) is 56.8 Å². The van der Waals surface area contributed by atoms with Crippen molar-refractivity contribution in [2.45, 2.75) is 18.2 Å². The van der Waals surface area contributed by atoms with Crippen molar-refractivity contribution in [3.8, 4) is 0 Å². The van der Waals surface area contributed by atoms with Gasteiger partial charge in [0.15, 0.2) is 21.4 Å². The molecule has 3 rings (SSSR count). The first kappa shape index (κ1) is 21.1. The fourth-order valence-corrected chi connectivity index (χ4v) is 4.36. The van der Waals surface area contributed by atoms with E-state index in [1.165, 1.54) is 12.1 Å². The van der Waals surface area contributed by atoms with Gasteiger partial charge in [0.1, 0.15) is 0 Å². The summed E-state index contributed by atoms with van der Waals surface area (Å²) in [5.74, 6) is -0.715. The van der Waals surface area contributed by atoms with Crippen molar-refractivity contribution < 1.29 is 18.0 Å². The van der Waals surface area contributed by atoms with E-state index in [9.17, 15) is 18.0 Å². The maximum absolute atomic E-state index is 13.3. The lowest BCUT2D eigenvalue weighted by molar-refractivity contribution is -0.118. The zero-order chi connectivity index (χ0) is 21.3. The van der Waals surface area contributed by atoms with Crippen molar-refractivity contribution in [2.24, 2.45) is 5.92 Å². The predicted octanol–water partition coefficient (Wildman–Crippen LogP) is 3.19. The highest BCUT2D eigenvalue weighted by atomic mass is 32.2. The second kappa shape index (κ2) is 8.05. The van der Waals surface area contributed by atoms with Crippen molar-refractivity contribution in [1.29, 1.82) is 0 Å². The van der Waals surface area contributed by atoms with Gasteiger partial charge in [-0.25, -0.2) is 8.42 Å². The van der Waals surface area contributed by atoms with Crippen LogP contribution < -0.4 is 0 Å². The summed E-state index contributed by atoms with van der Waals surface area (Å²) in [5.41, 5.74) is 3.06. The molecule has 0 spiro atoms. The average Bonchev–Trinajstić information content (AvgIpc) is 2.96. The Balaban J connectivity index is 2.09. The first-order chi connectivity index (χ1) is 13.6. The average molecular weight is 412 g/mol. The molecular weight excluding hydrogens is 386 g/mol. The van der Waals surface area contributed by atoms with Crippen molar-refractivity contribution in [1.82, 2.24) is 4.90 Å². The molecule has 0 bridgehead atoms. The number of hydrogen-bond acceptors (Lipinski definition) is 5. The summed E-state index contributed by atoms with van der Waals surface area (Å²) in [6, 6.07) is 13.6.